The second-order valence-electron chi connectivity index (χ2n) is 9.08. The van der Waals surface area contributed by atoms with E-state index in [-0.39, 0.29) is 28.8 Å². The van der Waals surface area contributed by atoms with Crippen molar-refractivity contribution in [3.63, 3.8) is 0 Å². The van der Waals surface area contributed by atoms with Crippen molar-refractivity contribution in [1.29, 1.82) is 0 Å². The second-order valence-corrected chi connectivity index (χ2v) is 9.08. The Morgan fingerprint density at radius 3 is 2.48 bits per heavy atom. The molecule has 0 bridgehead atoms. The van der Waals surface area contributed by atoms with Crippen LogP contribution < -0.4 is 0 Å². The van der Waals surface area contributed by atoms with Crippen LogP contribution >= 0.6 is 0 Å². The molecule has 4 aliphatic rings. The van der Waals surface area contributed by atoms with Crippen molar-refractivity contribution in [2.24, 2.45) is 28.6 Å². The zero-order chi connectivity index (χ0) is 16.6. The average molecular weight is 322 g/mol. The molecule has 4 aliphatic carbocycles. The Morgan fingerprint density at radius 1 is 1.00 bits per heavy atom. The number of aliphatic hydroxyl groups is 4. The Balaban J connectivity index is 1.73. The third-order valence-electron chi connectivity index (χ3n) is 8.08. The van der Waals surface area contributed by atoms with Crippen LogP contribution in [0.4, 0.5) is 0 Å². The van der Waals surface area contributed by atoms with E-state index in [1.54, 1.807) is 0 Å². The van der Waals surface area contributed by atoms with E-state index in [4.69, 9.17) is 0 Å². The lowest BCUT2D eigenvalue weighted by Crippen LogP contribution is -2.55. The molecule has 0 aromatic rings. The Morgan fingerprint density at radius 2 is 1.74 bits per heavy atom. The highest BCUT2D eigenvalue weighted by Crippen LogP contribution is 2.64. The summed E-state index contributed by atoms with van der Waals surface area (Å²) in [6.07, 6.45) is 4.85. The topological polar surface area (TPSA) is 80.9 Å². The van der Waals surface area contributed by atoms with Gasteiger partial charge in [0, 0.05) is 0 Å². The standard InChI is InChI=1S/C19H30O4/c1-18-5-3-11(20)7-10(18)8-14(21)16-12(18)4-6-19(2)13(16)9-15(22)17(19)23/h8,11-17,20-23H,3-7,9H2,1-2H3/t11-,12?,13?,14+,15-,16?,17?,18?,19?/m1/s1. The quantitative estimate of drug-likeness (QED) is 0.511. The molecule has 0 aromatic carbocycles. The van der Waals surface area contributed by atoms with Crippen molar-refractivity contribution in [1.82, 2.24) is 0 Å². The summed E-state index contributed by atoms with van der Waals surface area (Å²) in [6, 6.07) is 0. The smallest absolute Gasteiger partial charge is 0.0855 e. The number of fused-ring (bicyclic) bond motifs is 5. The molecular weight excluding hydrogens is 292 g/mol. The lowest BCUT2D eigenvalue weighted by molar-refractivity contribution is -0.110. The van der Waals surface area contributed by atoms with Crippen LogP contribution in [0.2, 0.25) is 0 Å². The highest BCUT2D eigenvalue weighted by atomic mass is 16.3. The van der Waals surface area contributed by atoms with E-state index < -0.39 is 18.3 Å². The first-order valence-corrected chi connectivity index (χ1v) is 9.21. The summed E-state index contributed by atoms with van der Waals surface area (Å²) in [5.41, 5.74) is 1.01. The molecule has 3 saturated carbocycles. The number of hydrogen-bond donors (Lipinski definition) is 4. The molecule has 0 amide bonds. The van der Waals surface area contributed by atoms with Gasteiger partial charge in [-0.3, -0.25) is 0 Å². The van der Waals surface area contributed by atoms with Crippen molar-refractivity contribution < 1.29 is 20.4 Å². The molecule has 9 atom stereocenters. The van der Waals surface area contributed by atoms with Crippen LogP contribution in [0.3, 0.4) is 0 Å². The molecule has 130 valence electrons. The molecule has 0 heterocycles. The van der Waals surface area contributed by atoms with Gasteiger partial charge in [0.25, 0.3) is 0 Å². The molecule has 4 heteroatoms. The predicted molar refractivity (Wildman–Crippen MR) is 86.5 cm³/mol. The summed E-state index contributed by atoms with van der Waals surface area (Å²) in [5.74, 6) is 0.674. The minimum absolute atomic E-state index is 0.0585. The second kappa shape index (κ2) is 5.04. The molecule has 4 rings (SSSR count). The maximum atomic E-state index is 10.9. The van der Waals surface area contributed by atoms with Gasteiger partial charge in [-0.25, -0.2) is 0 Å². The summed E-state index contributed by atoms with van der Waals surface area (Å²) in [4.78, 5) is 0. The molecule has 6 unspecified atom stereocenters. The maximum absolute atomic E-state index is 10.9. The van der Waals surface area contributed by atoms with Crippen LogP contribution in [-0.4, -0.2) is 44.8 Å². The molecule has 3 fully saturated rings. The van der Waals surface area contributed by atoms with E-state index in [9.17, 15) is 20.4 Å². The molecule has 0 spiro atoms. The summed E-state index contributed by atoms with van der Waals surface area (Å²) in [7, 11) is 0. The molecule has 4 N–H and O–H groups in total. The largest absolute Gasteiger partial charge is 0.393 e. The van der Waals surface area contributed by atoms with Gasteiger partial charge in [-0.1, -0.05) is 25.5 Å². The normalized spacial score (nSPS) is 58.9. The van der Waals surface area contributed by atoms with Crippen molar-refractivity contribution in [3.8, 4) is 0 Å². The minimum Gasteiger partial charge on any atom is -0.393 e. The molecular formula is C19H30O4. The van der Waals surface area contributed by atoms with Crippen molar-refractivity contribution in [3.05, 3.63) is 11.6 Å². The third-order valence-corrected chi connectivity index (χ3v) is 8.08. The summed E-state index contributed by atoms with van der Waals surface area (Å²) < 4.78 is 0. The molecule has 23 heavy (non-hydrogen) atoms. The monoisotopic (exact) mass is 322 g/mol. The van der Waals surface area contributed by atoms with E-state index in [0.717, 1.165) is 25.7 Å². The molecule has 0 aromatic heterocycles. The summed E-state index contributed by atoms with van der Waals surface area (Å²) in [6.45, 7) is 4.40. The van der Waals surface area contributed by atoms with E-state index in [0.29, 0.717) is 18.8 Å². The zero-order valence-corrected chi connectivity index (χ0v) is 14.2. The van der Waals surface area contributed by atoms with E-state index in [1.807, 2.05) is 6.08 Å². The van der Waals surface area contributed by atoms with Crippen molar-refractivity contribution in [2.45, 2.75) is 76.8 Å². The van der Waals surface area contributed by atoms with Crippen LogP contribution in [0.15, 0.2) is 11.6 Å². The van der Waals surface area contributed by atoms with Crippen LogP contribution in [0.1, 0.15) is 52.4 Å². The average Bonchev–Trinajstić information content (AvgIpc) is 2.73. The first kappa shape index (κ1) is 16.1. The van der Waals surface area contributed by atoms with Gasteiger partial charge in [-0.15, -0.1) is 0 Å². The fraction of sp³-hybridized carbons (Fsp3) is 0.895. The first-order valence-electron chi connectivity index (χ1n) is 9.21. The molecule has 0 aliphatic heterocycles. The number of aliphatic hydroxyl groups excluding tert-OH is 4. The Labute approximate surface area is 138 Å². The Hall–Kier alpha value is -0.420. The fourth-order valence-corrected chi connectivity index (χ4v) is 6.62. The van der Waals surface area contributed by atoms with Gasteiger partial charge < -0.3 is 20.4 Å². The minimum atomic E-state index is -0.674. The van der Waals surface area contributed by atoms with Gasteiger partial charge in [0.1, 0.15) is 0 Å². The highest BCUT2D eigenvalue weighted by Gasteiger charge is 2.62. The van der Waals surface area contributed by atoms with Crippen molar-refractivity contribution >= 4 is 0 Å². The predicted octanol–water partition coefficient (Wildman–Crippen LogP) is 1.61. The van der Waals surface area contributed by atoms with Gasteiger partial charge in [-0.2, -0.15) is 0 Å². The Bertz CT molecular complexity index is 531. The molecule has 0 radical (unpaired) electrons. The molecule has 0 saturated heterocycles. The lowest BCUT2D eigenvalue weighted by Gasteiger charge is -2.58. The lowest BCUT2D eigenvalue weighted by atomic mass is 9.47. The highest BCUT2D eigenvalue weighted by molar-refractivity contribution is 5.28. The Kier molecular flexibility index (Phi) is 3.52. The van der Waals surface area contributed by atoms with Crippen molar-refractivity contribution in [2.75, 3.05) is 0 Å². The summed E-state index contributed by atoms with van der Waals surface area (Å²) >= 11 is 0. The maximum Gasteiger partial charge on any atom is 0.0855 e. The van der Waals surface area contributed by atoms with Gasteiger partial charge in [-0.05, 0) is 67.1 Å². The number of hydrogen-bond acceptors (Lipinski definition) is 4. The van der Waals surface area contributed by atoms with Gasteiger partial charge in [0.05, 0.1) is 24.4 Å². The van der Waals surface area contributed by atoms with Gasteiger partial charge in [0.2, 0.25) is 0 Å². The SMILES string of the molecule is CC12CC[C@@H](O)CC1=C[C@H](O)C1C2CCC2(C)C1C[C@@H](O)C2O. The van der Waals surface area contributed by atoms with Crippen LogP contribution in [0.5, 0.6) is 0 Å². The van der Waals surface area contributed by atoms with Gasteiger partial charge >= 0.3 is 0 Å². The number of rotatable bonds is 0. The van der Waals surface area contributed by atoms with Crippen LogP contribution in [-0.2, 0) is 0 Å². The first-order chi connectivity index (χ1) is 10.8. The zero-order valence-electron chi connectivity index (χ0n) is 14.2. The third kappa shape index (κ3) is 2.05. The van der Waals surface area contributed by atoms with E-state index in [1.165, 1.54) is 5.57 Å². The van der Waals surface area contributed by atoms with Crippen LogP contribution in [0, 0.1) is 28.6 Å². The van der Waals surface area contributed by atoms with Gasteiger partial charge in [0.15, 0.2) is 0 Å². The van der Waals surface area contributed by atoms with E-state index in [2.05, 4.69) is 13.8 Å². The summed E-state index contributed by atoms with van der Waals surface area (Å²) in [5, 5.41) is 41.6. The van der Waals surface area contributed by atoms with Crippen LogP contribution in [0.25, 0.3) is 0 Å². The fourth-order valence-electron chi connectivity index (χ4n) is 6.62. The molecule has 4 nitrogen and oxygen atoms in total. The van der Waals surface area contributed by atoms with E-state index >= 15 is 0 Å².